The molecule has 32 heavy (non-hydrogen) atoms. The third kappa shape index (κ3) is 3.74. The highest BCUT2D eigenvalue weighted by molar-refractivity contribution is 7.99. The number of nitrogens with zero attached hydrogens (tertiary/aromatic N) is 5. The Morgan fingerprint density at radius 1 is 1.06 bits per heavy atom. The lowest BCUT2D eigenvalue weighted by atomic mass is 10.2. The highest BCUT2D eigenvalue weighted by Gasteiger charge is 2.20. The fourth-order valence-corrected chi connectivity index (χ4v) is 4.59. The molecular formula is C22H18ClN5O3S. The summed E-state index contributed by atoms with van der Waals surface area (Å²) in [5, 5.41) is 13.0. The van der Waals surface area contributed by atoms with Crippen LogP contribution in [0.15, 0.2) is 53.7 Å². The fourth-order valence-electron chi connectivity index (χ4n) is 3.69. The Labute approximate surface area is 193 Å². The van der Waals surface area contributed by atoms with Crippen LogP contribution in [0.3, 0.4) is 0 Å². The number of ketones is 1. The highest BCUT2D eigenvalue weighted by Crippen LogP contribution is 2.35. The number of rotatable bonds is 6. The average molecular weight is 468 g/mol. The normalized spacial score (nSPS) is 12.3. The van der Waals surface area contributed by atoms with Gasteiger partial charge in [-0.1, -0.05) is 23.4 Å². The first-order valence-corrected chi connectivity index (χ1v) is 11.2. The van der Waals surface area contributed by atoms with Gasteiger partial charge in [0.15, 0.2) is 17.3 Å². The molecule has 0 amide bonds. The topological polar surface area (TPSA) is 84.1 Å². The van der Waals surface area contributed by atoms with Gasteiger partial charge in [-0.25, -0.2) is 0 Å². The molecule has 0 fully saturated rings. The lowest BCUT2D eigenvalue weighted by molar-refractivity contribution is 0.102. The molecule has 0 saturated heterocycles. The lowest BCUT2D eigenvalue weighted by Crippen LogP contribution is -2.07. The number of Topliss-reactive ketones (excluding diaryl/α,β-unsaturated/α-hetero) is 1. The fraction of sp³-hybridized carbons (Fsp3) is 0.182. The van der Waals surface area contributed by atoms with Gasteiger partial charge in [-0.15, -0.1) is 5.10 Å². The van der Waals surface area contributed by atoms with Gasteiger partial charge in [0.2, 0.25) is 11.9 Å². The van der Waals surface area contributed by atoms with Crippen LogP contribution in [0.25, 0.3) is 11.4 Å². The molecule has 1 aliphatic rings. The maximum Gasteiger partial charge on any atom is 0.231 e. The number of carbonyl (C=O) groups excluding carboxylic acids is 1. The van der Waals surface area contributed by atoms with Crippen LogP contribution in [0.2, 0.25) is 5.02 Å². The van der Waals surface area contributed by atoms with Gasteiger partial charge in [-0.3, -0.25) is 4.79 Å². The van der Waals surface area contributed by atoms with Crippen molar-refractivity contribution in [3.63, 3.8) is 0 Å². The second-order valence-electron chi connectivity index (χ2n) is 7.22. The summed E-state index contributed by atoms with van der Waals surface area (Å²) in [6.45, 7) is 4.13. The maximum atomic E-state index is 13.1. The van der Waals surface area contributed by atoms with Crippen molar-refractivity contribution in [2.45, 2.75) is 19.0 Å². The molecule has 8 nitrogen and oxygen atoms in total. The zero-order valence-corrected chi connectivity index (χ0v) is 18.9. The molecule has 0 atom stereocenters. The summed E-state index contributed by atoms with van der Waals surface area (Å²) < 4.78 is 14.5. The Balaban J connectivity index is 1.36. The molecular weight excluding hydrogens is 450 g/mol. The molecule has 2 aromatic heterocycles. The van der Waals surface area contributed by atoms with Crippen molar-refractivity contribution in [3.8, 4) is 22.9 Å². The van der Waals surface area contributed by atoms with Crippen LogP contribution >= 0.6 is 23.4 Å². The predicted molar refractivity (Wildman–Crippen MR) is 121 cm³/mol. The average Bonchev–Trinajstić information content (AvgIpc) is 3.51. The number of aromatic nitrogens is 5. The van der Waals surface area contributed by atoms with Crippen molar-refractivity contribution in [3.05, 3.63) is 70.5 Å². The molecule has 0 aliphatic carbocycles. The summed E-state index contributed by atoms with van der Waals surface area (Å²) in [6.07, 6.45) is 0. The van der Waals surface area contributed by atoms with Crippen LogP contribution in [0, 0.1) is 13.8 Å². The van der Waals surface area contributed by atoms with E-state index in [0.717, 1.165) is 28.5 Å². The molecule has 0 spiro atoms. The van der Waals surface area contributed by atoms with Crippen LogP contribution in [0.4, 0.5) is 0 Å². The second-order valence-corrected chi connectivity index (χ2v) is 8.60. The number of aryl methyl sites for hydroxylation is 1. The second kappa shape index (κ2) is 8.33. The lowest BCUT2D eigenvalue weighted by Gasteiger charge is -2.10. The Morgan fingerprint density at radius 3 is 2.62 bits per heavy atom. The molecule has 3 heterocycles. The molecule has 0 unspecified atom stereocenters. The van der Waals surface area contributed by atoms with E-state index in [9.17, 15) is 4.79 Å². The number of halogens is 1. The van der Waals surface area contributed by atoms with Gasteiger partial charge in [0.1, 0.15) is 0 Å². The van der Waals surface area contributed by atoms with Crippen LogP contribution in [-0.4, -0.2) is 43.1 Å². The van der Waals surface area contributed by atoms with E-state index in [0.29, 0.717) is 21.5 Å². The van der Waals surface area contributed by atoms with Crippen molar-refractivity contribution < 1.29 is 14.3 Å². The molecule has 10 heteroatoms. The van der Waals surface area contributed by atoms with Gasteiger partial charge in [-0.2, -0.15) is 4.68 Å². The molecule has 4 aromatic rings. The summed E-state index contributed by atoms with van der Waals surface area (Å²) >= 11 is 7.25. The quantitative estimate of drug-likeness (QED) is 0.306. The zero-order chi connectivity index (χ0) is 22.2. The van der Waals surface area contributed by atoms with E-state index < -0.39 is 0 Å². The van der Waals surface area contributed by atoms with E-state index >= 15 is 0 Å². The number of carbonyl (C=O) groups is 1. The monoisotopic (exact) mass is 467 g/mol. The number of benzene rings is 2. The first-order valence-electron chi connectivity index (χ1n) is 9.80. The van der Waals surface area contributed by atoms with Gasteiger partial charge in [-0.05, 0) is 66.7 Å². The molecule has 2 aromatic carbocycles. The van der Waals surface area contributed by atoms with Gasteiger partial charge < -0.3 is 14.0 Å². The summed E-state index contributed by atoms with van der Waals surface area (Å²) in [7, 11) is 0. The van der Waals surface area contributed by atoms with Crippen molar-refractivity contribution in [1.29, 1.82) is 0 Å². The Kier molecular flexibility index (Phi) is 5.36. The van der Waals surface area contributed by atoms with Crippen molar-refractivity contribution >= 4 is 29.1 Å². The first-order chi connectivity index (χ1) is 15.5. The van der Waals surface area contributed by atoms with Crippen LogP contribution in [-0.2, 0) is 0 Å². The van der Waals surface area contributed by atoms with Crippen LogP contribution in [0.5, 0.6) is 11.5 Å². The van der Waals surface area contributed by atoms with Crippen molar-refractivity contribution in [1.82, 2.24) is 24.8 Å². The maximum absolute atomic E-state index is 13.1. The molecule has 162 valence electrons. The minimum atomic E-state index is 0.000694. The number of tetrazole rings is 1. The minimum Gasteiger partial charge on any atom is -0.454 e. The van der Waals surface area contributed by atoms with Gasteiger partial charge >= 0.3 is 0 Å². The molecule has 0 radical (unpaired) electrons. The van der Waals surface area contributed by atoms with E-state index in [4.69, 9.17) is 21.1 Å². The number of fused-ring (bicyclic) bond motifs is 1. The van der Waals surface area contributed by atoms with E-state index in [1.54, 1.807) is 16.8 Å². The largest absolute Gasteiger partial charge is 0.454 e. The van der Waals surface area contributed by atoms with Gasteiger partial charge in [0.25, 0.3) is 0 Å². The predicted octanol–water partition coefficient (Wildman–Crippen LogP) is 4.43. The van der Waals surface area contributed by atoms with E-state index in [-0.39, 0.29) is 18.3 Å². The SMILES string of the molecule is Cc1cc(C(=O)CSc2nnnn2-c2ccc(Cl)cc2)c(C)n1-c1ccc2c(c1)OCO2. The summed E-state index contributed by atoms with van der Waals surface area (Å²) in [4.78, 5) is 13.1. The Hall–Kier alpha value is -3.30. The number of ether oxygens (including phenoxy) is 2. The highest BCUT2D eigenvalue weighted by atomic mass is 35.5. The third-order valence-corrected chi connectivity index (χ3v) is 6.36. The number of hydrogen-bond donors (Lipinski definition) is 0. The van der Waals surface area contributed by atoms with Crippen LogP contribution < -0.4 is 9.47 Å². The van der Waals surface area contributed by atoms with E-state index in [1.165, 1.54) is 11.8 Å². The minimum absolute atomic E-state index is 0.000694. The van der Waals surface area contributed by atoms with Gasteiger partial charge in [0.05, 0.1) is 11.4 Å². The van der Waals surface area contributed by atoms with Crippen LogP contribution in [0.1, 0.15) is 21.7 Å². The Bertz CT molecular complexity index is 1320. The third-order valence-electron chi connectivity index (χ3n) is 5.19. The number of thioether (sulfide) groups is 1. The molecule has 0 bridgehead atoms. The zero-order valence-electron chi connectivity index (χ0n) is 17.3. The summed E-state index contributed by atoms with van der Waals surface area (Å²) in [5.74, 6) is 1.63. The summed E-state index contributed by atoms with van der Waals surface area (Å²) in [5.41, 5.74) is 4.18. The molecule has 0 saturated carbocycles. The van der Waals surface area contributed by atoms with Crippen molar-refractivity contribution in [2.75, 3.05) is 12.5 Å². The summed E-state index contributed by atoms with van der Waals surface area (Å²) in [6, 6.07) is 14.8. The number of hydrogen-bond acceptors (Lipinski definition) is 7. The van der Waals surface area contributed by atoms with Crippen molar-refractivity contribution in [2.24, 2.45) is 0 Å². The molecule has 5 rings (SSSR count). The van der Waals surface area contributed by atoms with E-state index in [1.807, 2.05) is 54.8 Å². The van der Waals surface area contributed by atoms with E-state index in [2.05, 4.69) is 15.5 Å². The molecule has 1 aliphatic heterocycles. The smallest absolute Gasteiger partial charge is 0.231 e. The first kappa shape index (κ1) is 20.6. The standard InChI is InChI=1S/C22H18ClN5O3S/c1-13-9-18(14(2)27(13)17-7-8-20-21(10-17)31-12-30-20)19(29)11-32-22-24-25-26-28(22)16-5-3-15(23)4-6-16/h3-10H,11-12H2,1-2H3. The van der Waals surface area contributed by atoms with Gasteiger partial charge in [0, 0.05) is 33.7 Å². The molecule has 0 N–H and O–H groups in total. The Morgan fingerprint density at radius 2 is 1.81 bits per heavy atom.